The molecule has 0 aromatic heterocycles. The van der Waals surface area contributed by atoms with Crippen molar-refractivity contribution >= 4 is 28.8 Å². The number of carbonyl (C=O) groups excluding carboxylic acids is 2. The Kier molecular flexibility index (Phi) is 5.15. The third-order valence-electron chi connectivity index (χ3n) is 5.44. The molecule has 1 heterocycles. The maximum Gasteiger partial charge on any atom is 0.282 e. The van der Waals surface area contributed by atoms with Gasteiger partial charge in [-0.05, 0) is 55.7 Å². The highest BCUT2D eigenvalue weighted by molar-refractivity contribution is 6.46. The van der Waals surface area contributed by atoms with Crippen LogP contribution in [0.4, 0.5) is 20.2 Å². The molecule has 0 radical (unpaired) electrons. The molecule has 1 aliphatic heterocycles. The summed E-state index contributed by atoms with van der Waals surface area (Å²) in [5, 5.41) is 3.08. The van der Waals surface area contributed by atoms with Crippen LogP contribution in [-0.4, -0.2) is 11.8 Å². The lowest BCUT2D eigenvalue weighted by Gasteiger charge is -2.17. The number of rotatable bonds is 4. The molecular formula is C25H20F2N2O2. The summed E-state index contributed by atoms with van der Waals surface area (Å²) in [5.74, 6) is -3.07. The molecule has 0 fully saturated rings. The SMILES string of the molecule is Cc1ccc(C2=C(Nc3cccc(C)c3C)C(=O)N(c3cc(F)ccc3F)C2=O)cc1. The van der Waals surface area contributed by atoms with E-state index in [1.165, 1.54) is 0 Å². The lowest BCUT2D eigenvalue weighted by Crippen LogP contribution is -2.33. The quantitative estimate of drug-likeness (QED) is 0.586. The summed E-state index contributed by atoms with van der Waals surface area (Å²) in [7, 11) is 0. The van der Waals surface area contributed by atoms with Gasteiger partial charge in [0.25, 0.3) is 11.8 Å². The summed E-state index contributed by atoms with van der Waals surface area (Å²) in [5.41, 5.74) is 3.77. The smallest absolute Gasteiger partial charge is 0.282 e. The van der Waals surface area contributed by atoms with Gasteiger partial charge in [0.05, 0.1) is 11.3 Å². The topological polar surface area (TPSA) is 49.4 Å². The van der Waals surface area contributed by atoms with E-state index in [1.54, 1.807) is 18.2 Å². The number of aryl methyl sites for hydroxylation is 2. The van der Waals surface area contributed by atoms with E-state index >= 15 is 0 Å². The van der Waals surface area contributed by atoms with Gasteiger partial charge in [0.1, 0.15) is 17.3 Å². The Morgan fingerprint density at radius 1 is 0.839 bits per heavy atom. The van der Waals surface area contributed by atoms with Crippen LogP contribution < -0.4 is 10.2 Å². The minimum Gasteiger partial charge on any atom is -0.350 e. The molecule has 3 aromatic rings. The average Bonchev–Trinajstić information content (AvgIpc) is 2.98. The van der Waals surface area contributed by atoms with Gasteiger partial charge in [-0.3, -0.25) is 9.59 Å². The Labute approximate surface area is 178 Å². The van der Waals surface area contributed by atoms with E-state index in [2.05, 4.69) is 5.32 Å². The number of hydrogen-bond donors (Lipinski definition) is 1. The van der Waals surface area contributed by atoms with Gasteiger partial charge in [0.15, 0.2) is 0 Å². The third-order valence-corrected chi connectivity index (χ3v) is 5.44. The van der Waals surface area contributed by atoms with Gasteiger partial charge in [-0.25, -0.2) is 13.7 Å². The average molecular weight is 418 g/mol. The van der Waals surface area contributed by atoms with Gasteiger partial charge in [-0.15, -0.1) is 0 Å². The van der Waals surface area contributed by atoms with Crippen LogP contribution in [0.1, 0.15) is 22.3 Å². The minimum absolute atomic E-state index is 0.0196. The van der Waals surface area contributed by atoms with Gasteiger partial charge >= 0.3 is 0 Å². The molecule has 6 heteroatoms. The molecule has 31 heavy (non-hydrogen) atoms. The predicted octanol–water partition coefficient (Wildman–Crippen LogP) is 5.29. The zero-order valence-electron chi connectivity index (χ0n) is 17.3. The van der Waals surface area contributed by atoms with Crippen LogP contribution in [0.5, 0.6) is 0 Å². The van der Waals surface area contributed by atoms with Gasteiger partial charge in [0, 0.05) is 11.8 Å². The maximum atomic E-state index is 14.5. The fraction of sp³-hybridized carbons (Fsp3) is 0.120. The monoisotopic (exact) mass is 418 g/mol. The lowest BCUT2D eigenvalue weighted by atomic mass is 10.0. The van der Waals surface area contributed by atoms with Crippen molar-refractivity contribution in [2.45, 2.75) is 20.8 Å². The molecule has 4 rings (SSSR count). The van der Waals surface area contributed by atoms with E-state index in [0.717, 1.165) is 34.9 Å². The number of anilines is 2. The number of carbonyl (C=O) groups is 2. The van der Waals surface area contributed by atoms with Gasteiger partial charge < -0.3 is 5.32 Å². The summed E-state index contributed by atoms with van der Waals surface area (Å²) in [6.07, 6.45) is 0. The van der Waals surface area contributed by atoms with Crippen molar-refractivity contribution < 1.29 is 18.4 Å². The van der Waals surface area contributed by atoms with Crippen LogP contribution in [0.2, 0.25) is 0 Å². The molecule has 0 saturated carbocycles. The van der Waals surface area contributed by atoms with E-state index < -0.39 is 29.1 Å². The molecule has 2 amide bonds. The standard InChI is InChI=1S/C25H20F2N2O2/c1-14-7-9-17(10-8-14)22-23(28-20-6-4-5-15(2)16(20)3)25(31)29(24(22)30)21-13-18(26)11-12-19(21)27/h4-13,28H,1-3H3. The van der Waals surface area contributed by atoms with Crippen LogP contribution in [0, 0.1) is 32.4 Å². The zero-order valence-corrected chi connectivity index (χ0v) is 17.3. The maximum absolute atomic E-state index is 14.5. The van der Waals surface area contributed by atoms with Crippen LogP contribution in [0.25, 0.3) is 5.57 Å². The highest BCUT2D eigenvalue weighted by Gasteiger charge is 2.41. The van der Waals surface area contributed by atoms with Crippen LogP contribution in [0.15, 0.2) is 66.4 Å². The number of amides is 2. The number of halogens is 2. The van der Waals surface area contributed by atoms with Crippen LogP contribution in [-0.2, 0) is 9.59 Å². The first-order valence-corrected chi connectivity index (χ1v) is 9.76. The highest BCUT2D eigenvalue weighted by atomic mass is 19.1. The van der Waals surface area contributed by atoms with E-state index in [9.17, 15) is 18.4 Å². The second-order valence-electron chi connectivity index (χ2n) is 7.53. The van der Waals surface area contributed by atoms with E-state index in [4.69, 9.17) is 0 Å². The molecule has 3 aromatic carbocycles. The molecule has 1 N–H and O–H groups in total. The van der Waals surface area contributed by atoms with Gasteiger partial charge in [-0.2, -0.15) is 0 Å². The van der Waals surface area contributed by atoms with Gasteiger partial charge in [-0.1, -0.05) is 42.0 Å². The van der Waals surface area contributed by atoms with Gasteiger partial charge in [0.2, 0.25) is 0 Å². The molecule has 0 atom stereocenters. The Morgan fingerprint density at radius 3 is 2.26 bits per heavy atom. The fourth-order valence-corrected chi connectivity index (χ4v) is 3.53. The molecule has 1 aliphatic rings. The molecule has 0 bridgehead atoms. The molecule has 4 nitrogen and oxygen atoms in total. The van der Waals surface area contributed by atoms with E-state index in [1.807, 2.05) is 45.0 Å². The molecule has 0 aliphatic carbocycles. The Hall–Kier alpha value is -3.80. The number of nitrogens with one attached hydrogen (secondary N) is 1. The summed E-state index contributed by atoms with van der Waals surface area (Å²) < 4.78 is 28.3. The number of hydrogen-bond acceptors (Lipinski definition) is 3. The molecule has 0 unspecified atom stereocenters. The first-order chi connectivity index (χ1) is 14.8. The number of nitrogens with zero attached hydrogens (tertiary/aromatic N) is 1. The number of benzene rings is 3. The first kappa shape index (κ1) is 20.5. The van der Waals surface area contributed by atoms with Crippen LogP contribution >= 0.6 is 0 Å². The normalized spacial score (nSPS) is 13.9. The van der Waals surface area contributed by atoms with Crippen molar-refractivity contribution in [2.24, 2.45) is 0 Å². The van der Waals surface area contributed by atoms with Crippen molar-refractivity contribution in [2.75, 3.05) is 10.2 Å². The molecule has 0 spiro atoms. The predicted molar refractivity (Wildman–Crippen MR) is 116 cm³/mol. The summed E-state index contributed by atoms with van der Waals surface area (Å²) in [6.45, 7) is 5.74. The Bertz CT molecular complexity index is 1250. The van der Waals surface area contributed by atoms with Crippen molar-refractivity contribution in [3.8, 4) is 0 Å². The van der Waals surface area contributed by atoms with Crippen molar-refractivity contribution in [1.82, 2.24) is 0 Å². The second kappa shape index (κ2) is 7.80. The van der Waals surface area contributed by atoms with Crippen molar-refractivity contribution in [3.05, 3.63) is 100 Å². The molecule has 0 saturated heterocycles. The lowest BCUT2D eigenvalue weighted by molar-refractivity contribution is -0.120. The summed E-state index contributed by atoms with van der Waals surface area (Å²) in [6, 6.07) is 15.3. The van der Waals surface area contributed by atoms with Crippen molar-refractivity contribution in [1.29, 1.82) is 0 Å². The second-order valence-corrected chi connectivity index (χ2v) is 7.53. The van der Waals surface area contributed by atoms with Crippen molar-refractivity contribution in [3.63, 3.8) is 0 Å². The molecular weight excluding hydrogens is 398 g/mol. The Morgan fingerprint density at radius 2 is 1.55 bits per heavy atom. The minimum atomic E-state index is -0.862. The third kappa shape index (κ3) is 3.61. The highest BCUT2D eigenvalue weighted by Crippen LogP contribution is 2.35. The summed E-state index contributed by atoms with van der Waals surface area (Å²) >= 11 is 0. The van der Waals surface area contributed by atoms with E-state index in [-0.39, 0.29) is 11.3 Å². The zero-order chi connectivity index (χ0) is 22.3. The summed E-state index contributed by atoms with van der Waals surface area (Å²) in [4.78, 5) is 27.3. The fourth-order valence-electron chi connectivity index (χ4n) is 3.53. The Balaban J connectivity index is 1.88. The largest absolute Gasteiger partial charge is 0.350 e. The number of imide groups is 1. The molecule has 156 valence electrons. The van der Waals surface area contributed by atoms with Crippen LogP contribution in [0.3, 0.4) is 0 Å². The first-order valence-electron chi connectivity index (χ1n) is 9.76. The van der Waals surface area contributed by atoms with E-state index in [0.29, 0.717) is 16.2 Å².